The number of carbonyl (C=O) groups is 1. The van der Waals surface area contributed by atoms with Gasteiger partial charge in [0, 0.05) is 18.8 Å². The van der Waals surface area contributed by atoms with Crippen LogP contribution in [0.1, 0.15) is 47.0 Å². The molecule has 2 amide bonds. The van der Waals surface area contributed by atoms with Gasteiger partial charge in [0.05, 0.1) is 0 Å². The number of benzene rings is 1. The Morgan fingerprint density at radius 1 is 1.22 bits per heavy atom. The fraction of sp³-hybridized carbons (Fsp3) is 0.611. The minimum atomic E-state index is -0.243. The molecule has 1 atom stereocenters. The summed E-state index contributed by atoms with van der Waals surface area (Å²) in [5.74, 6) is 1.09. The number of aliphatic hydroxyl groups is 1. The number of aliphatic hydroxyl groups excluding tert-OH is 1. The highest BCUT2D eigenvalue weighted by Crippen LogP contribution is 2.20. The third-order valence-electron chi connectivity index (χ3n) is 3.32. The number of hydrogen-bond donors (Lipinski definition) is 3. The second-order valence-corrected chi connectivity index (χ2v) is 6.74. The summed E-state index contributed by atoms with van der Waals surface area (Å²) in [6, 6.07) is 7.09. The Morgan fingerprint density at radius 2 is 1.87 bits per heavy atom. The molecule has 5 nitrogen and oxygen atoms in total. The van der Waals surface area contributed by atoms with Gasteiger partial charge in [0.2, 0.25) is 0 Å². The van der Waals surface area contributed by atoms with Crippen molar-refractivity contribution < 1.29 is 14.6 Å². The number of hydrogen-bond acceptors (Lipinski definition) is 3. The lowest BCUT2D eigenvalue weighted by atomic mass is 10.0. The molecule has 1 rings (SSSR count). The van der Waals surface area contributed by atoms with E-state index in [4.69, 9.17) is 9.84 Å². The lowest BCUT2D eigenvalue weighted by Gasteiger charge is -2.21. The molecule has 0 radical (unpaired) electrons. The molecule has 0 aromatic heterocycles. The van der Waals surface area contributed by atoms with Gasteiger partial charge in [-0.15, -0.1) is 0 Å². The SMILES string of the molecule is CCCC(CCO)CNC(=O)Nc1ccc(OC(C)(C)C)cc1. The monoisotopic (exact) mass is 322 g/mol. The largest absolute Gasteiger partial charge is 0.488 e. The zero-order valence-corrected chi connectivity index (χ0v) is 14.7. The number of ether oxygens (including phenoxy) is 1. The second-order valence-electron chi connectivity index (χ2n) is 6.74. The van der Waals surface area contributed by atoms with E-state index in [0.29, 0.717) is 18.9 Å². The fourth-order valence-corrected chi connectivity index (χ4v) is 2.31. The van der Waals surface area contributed by atoms with E-state index in [-0.39, 0.29) is 18.2 Å². The van der Waals surface area contributed by atoms with E-state index in [1.165, 1.54) is 0 Å². The van der Waals surface area contributed by atoms with Gasteiger partial charge in [0.15, 0.2) is 0 Å². The molecule has 23 heavy (non-hydrogen) atoms. The topological polar surface area (TPSA) is 70.6 Å². The number of rotatable bonds is 8. The van der Waals surface area contributed by atoms with Crippen LogP contribution in [0, 0.1) is 5.92 Å². The Morgan fingerprint density at radius 3 is 2.39 bits per heavy atom. The predicted molar refractivity (Wildman–Crippen MR) is 93.9 cm³/mol. The molecule has 130 valence electrons. The molecule has 3 N–H and O–H groups in total. The van der Waals surface area contributed by atoms with E-state index in [1.807, 2.05) is 45.0 Å². The zero-order valence-electron chi connectivity index (χ0n) is 14.7. The molecule has 1 unspecified atom stereocenters. The quantitative estimate of drug-likeness (QED) is 0.682. The molecule has 0 saturated carbocycles. The summed E-state index contributed by atoms with van der Waals surface area (Å²) in [6.07, 6.45) is 2.76. The summed E-state index contributed by atoms with van der Waals surface area (Å²) in [4.78, 5) is 11.9. The van der Waals surface area contributed by atoms with E-state index in [1.54, 1.807) is 0 Å². The highest BCUT2D eigenvalue weighted by atomic mass is 16.5. The van der Waals surface area contributed by atoms with Crippen LogP contribution in [0.3, 0.4) is 0 Å². The normalized spacial score (nSPS) is 12.6. The van der Waals surface area contributed by atoms with Crippen LogP contribution in [0.5, 0.6) is 5.75 Å². The summed E-state index contributed by atoms with van der Waals surface area (Å²) in [6.45, 7) is 8.81. The van der Waals surface area contributed by atoms with Crippen molar-refractivity contribution in [2.75, 3.05) is 18.5 Å². The van der Waals surface area contributed by atoms with Gasteiger partial charge in [-0.3, -0.25) is 0 Å². The standard InChI is InChI=1S/C18H30N2O3/c1-5-6-14(11-12-21)13-19-17(22)20-15-7-9-16(10-8-15)23-18(2,3)4/h7-10,14,21H,5-6,11-13H2,1-4H3,(H2,19,20,22). The van der Waals surface area contributed by atoms with Crippen LogP contribution in [0.25, 0.3) is 0 Å². The summed E-state index contributed by atoms with van der Waals surface area (Å²) >= 11 is 0. The van der Waals surface area contributed by atoms with Gasteiger partial charge < -0.3 is 20.5 Å². The van der Waals surface area contributed by atoms with Crippen molar-refractivity contribution in [1.82, 2.24) is 5.32 Å². The van der Waals surface area contributed by atoms with Crippen LogP contribution >= 0.6 is 0 Å². The van der Waals surface area contributed by atoms with Gasteiger partial charge in [-0.25, -0.2) is 4.79 Å². The molecular weight excluding hydrogens is 292 g/mol. The average molecular weight is 322 g/mol. The molecular formula is C18H30N2O3. The molecule has 0 aliphatic rings. The first kappa shape index (κ1) is 19.3. The van der Waals surface area contributed by atoms with Gasteiger partial charge >= 0.3 is 6.03 Å². The Hall–Kier alpha value is -1.75. The number of nitrogens with one attached hydrogen (secondary N) is 2. The molecule has 1 aromatic carbocycles. The van der Waals surface area contributed by atoms with E-state index in [0.717, 1.165) is 24.3 Å². The maximum absolute atomic E-state index is 11.9. The number of carbonyl (C=O) groups excluding carboxylic acids is 1. The highest BCUT2D eigenvalue weighted by molar-refractivity contribution is 5.89. The molecule has 0 fully saturated rings. The molecule has 0 aliphatic heterocycles. The van der Waals surface area contributed by atoms with Crippen LogP contribution in [-0.4, -0.2) is 29.9 Å². The molecule has 0 aliphatic carbocycles. The van der Waals surface area contributed by atoms with E-state index in [9.17, 15) is 4.79 Å². The number of amides is 2. The van der Waals surface area contributed by atoms with Crippen molar-refractivity contribution in [1.29, 1.82) is 0 Å². The fourth-order valence-electron chi connectivity index (χ4n) is 2.31. The van der Waals surface area contributed by atoms with Gasteiger partial charge in [0.25, 0.3) is 0 Å². The molecule has 5 heteroatoms. The summed E-state index contributed by atoms with van der Waals surface area (Å²) in [5.41, 5.74) is 0.478. The van der Waals surface area contributed by atoms with Crippen LogP contribution in [0.4, 0.5) is 10.5 Å². The first-order valence-electron chi connectivity index (χ1n) is 8.29. The van der Waals surface area contributed by atoms with Crippen LogP contribution < -0.4 is 15.4 Å². The summed E-state index contributed by atoms with van der Waals surface area (Å²) in [7, 11) is 0. The lowest BCUT2D eigenvalue weighted by molar-refractivity contribution is 0.131. The van der Waals surface area contributed by atoms with Crippen molar-refractivity contribution in [3.05, 3.63) is 24.3 Å². The maximum atomic E-state index is 11.9. The minimum absolute atomic E-state index is 0.156. The zero-order chi connectivity index (χ0) is 17.3. The smallest absolute Gasteiger partial charge is 0.319 e. The first-order valence-corrected chi connectivity index (χ1v) is 8.29. The van der Waals surface area contributed by atoms with Crippen LogP contribution in [-0.2, 0) is 0 Å². The summed E-state index contributed by atoms with van der Waals surface area (Å²) in [5, 5.41) is 14.7. The Bertz CT molecular complexity index is 460. The van der Waals surface area contributed by atoms with Crippen LogP contribution in [0.2, 0.25) is 0 Å². The van der Waals surface area contributed by atoms with E-state index < -0.39 is 0 Å². The molecule has 0 bridgehead atoms. The Kier molecular flexibility index (Phi) is 7.89. The predicted octanol–water partition coefficient (Wildman–Crippen LogP) is 3.78. The van der Waals surface area contributed by atoms with Crippen molar-refractivity contribution >= 4 is 11.7 Å². The molecule has 0 spiro atoms. The van der Waals surface area contributed by atoms with Crippen molar-refractivity contribution in [2.45, 2.75) is 52.6 Å². The first-order chi connectivity index (χ1) is 10.8. The van der Waals surface area contributed by atoms with Gasteiger partial charge in [-0.1, -0.05) is 13.3 Å². The maximum Gasteiger partial charge on any atom is 0.319 e. The average Bonchev–Trinajstić information content (AvgIpc) is 2.46. The van der Waals surface area contributed by atoms with Crippen molar-refractivity contribution in [2.24, 2.45) is 5.92 Å². The van der Waals surface area contributed by atoms with E-state index in [2.05, 4.69) is 17.6 Å². The molecule has 1 aromatic rings. The van der Waals surface area contributed by atoms with Gasteiger partial charge in [0.1, 0.15) is 11.4 Å². The third-order valence-corrected chi connectivity index (χ3v) is 3.32. The van der Waals surface area contributed by atoms with Crippen molar-refractivity contribution in [3.63, 3.8) is 0 Å². The van der Waals surface area contributed by atoms with Gasteiger partial charge in [-0.05, 0) is 63.8 Å². The number of anilines is 1. The lowest BCUT2D eigenvalue weighted by Crippen LogP contribution is -2.33. The molecule has 0 heterocycles. The third kappa shape index (κ3) is 8.45. The van der Waals surface area contributed by atoms with E-state index >= 15 is 0 Å². The van der Waals surface area contributed by atoms with Crippen LogP contribution in [0.15, 0.2) is 24.3 Å². The second kappa shape index (κ2) is 9.40. The highest BCUT2D eigenvalue weighted by Gasteiger charge is 2.12. The minimum Gasteiger partial charge on any atom is -0.488 e. The van der Waals surface area contributed by atoms with Crippen molar-refractivity contribution in [3.8, 4) is 5.75 Å². The molecule has 0 saturated heterocycles. The van der Waals surface area contributed by atoms with Gasteiger partial charge in [-0.2, -0.15) is 0 Å². The Balaban J connectivity index is 2.44. The summed E-state index contributed by atoms with van der Waals surface area (Å²) < 4.78 is 5.74. The Labute approximate surface area is 139 Å². The number of urea groups is 1.